The van der Waals surface area contributed by atoms with Gasteiger partial charge in [0.15, 0.2) is 5.78 Å². The van der Waals surface area contributed by atoms with E-state index in [4.69, 9.17) is 19.9 Å². The number of esters is 3. The number of anilines is 1. The van der Waals surface area contributed by atoms with Gasteiger partial charge in [-0.2, -0.15) is 0 Å². The standard InChI is InChI=1S/C18H20N2O7S/c1-4-25-17(23)13-11(14(28-15(13)19)18(24)26-5-2)8-27-16(22)12-6-10(7-20-12)9(3)21/h6-7,20H,4-5,8,19H2,1-3H3. The summed E-state index contributed by atoms with van der Waals surface area (Å²) in [7, 11) is 0. The fraction of sp³-hybridized carbons (Fsp3) is 0.333. The number of hydrogen-bond acceptors (Lipinski definition) is 9. The first-order chi connectivity index (χ1) is 13.3. The van der Waals surface area contributed by atoms with Crippen molar-refractivity contribution in [2.45, 2.75) is 27.4 Å². The minimum Gasteiger partial charge on any atom is -0.462 e. The number of aromatic amines is 1. The van der Waals surface area contributed by atoms with Crippen molar-refractivity contribution < 1.29 is 33.4 Å². The second kappa shape index (κ2) is 9.18. The number of ether oxygens (including phenoxy) is 3. The molecule has 2 heterocycles. The molecule has 0 saturated heterocycles. The third-order valence-corrected chi connectivity index (χ3v) is 4.67. The number of hydrogen-bond donors (Lipinski definition) is 2. The highest BCUT2D eigenvalue weighted by Crippen LogP contribution is 2.33. The van der Waals surface area contributed by atoms with E-state index in [0.29, 0.717) is 5.56 Å². The predicted octanol–water partition coefficient (Wildman–Crippen LogP) is 2.57. The Morgan fingerprint density at radius 1 is 1.04 bits per heavy atom. The summed E-state index contributed by atoms with van der Waals surface area (Å²) in [4.78, 5) is 50.7. The van der Waals surface area contributed by atoms with Crippen molar-refractivity contribution in [2.75, 3.05) is 18.9 Å². The van der Waals surface area contributed by atoms with E-state index >= 15 is 0 Å². The lowest BCUT2D eigenvalue weighted by atomic mass is 10.1. The number of thiophene rings is 1. The van der Waals surface area contributed by atoms with Crippen LogP contribution in [0, 0.1) is 0 Å². The summed E-state index contributed by atoms with van der Waals surface area (Å²) in [5.74, 6) is -2.38. The molecule has 10 heteroatoms. The predicted molar refractivity (Wildman–Crippen MR) is 101 cm³/mol. The highest BCUT2D eigenvalue weighted by molar-refractivity contribution is 7.18. The Kier molecular flexibility index (Phi) is 6.94. The molecule has 28 heavy (non-hydrogen) atoms. The molecule has 0 spiro atoms. The third-order valence-electron chi connectivity index (χ3n) is 3.63. The van der Waals surface area contributed by atoms with Gasteiger partial charge in [0, 0.05) is 17.3 Å². The lowest BCUT2D eigenvalue weighted by Crippen LogP contribution is -2.14. The summed E-state index contributed by atoms with van der Waals surface area (Å²) in [6, 6.07) is 1.35. The fourth-order valence-corrected chi connectivity index (χ4v) is 3.30. The maximum Gasteiger partial charge on any atom is 0.355 e. The molecule has 150 valence electrons. The van der Waals surface area contributed by atoms with Gasteiger partial charge < -0.3 is 24.9 Å². The normalized spacial score (nSPS) is 10.4. The number of H-pyrrole nitrogens is 1. The Hall–Kier alpha value is -3.14. The SMILES string of the molecule is CCOC(=O)c1sc(N)c(C(=O)OCC)c1COC(=O)c1cc(C(C)=O)c[nH]1. The molecule has 0 saturated carbocycles. The van der Waals surface area contributed by atoms with Crippen LogP contribution in [0.4, 0.5) is 5.00 Å². The second-order valence-electron chi connectivity index (χ2n) is 5.52. The van der Waals surface area contributed by atoms with Gasteiger partial charge in [0.2, 0.25) is 0 Å². The lowest BCUT2D eigenvalue weighted by molar-refractivity contribution is 0.0433. The molecular formula is C18H20N2O7S. The molecule has 2 aromatic rings. The van der Waals surface area contributed by atoms with Crippen molar-refractivity contribution in [1.82, 2.24) is 4.98 Å². The van der Waals surface area contributed by atoms with E-state index < -0.39 is 24.5 Å². The van der Waals surface area contributed by atoms with Gasteiger partial charge >= 0.3 is 17.9 Å². The molecule has 2 rings (SSSR count). The fourth-order valence-electron chi connectivity index (χ4n) is 2.34. The van der Waals surface area contributed by atoms with Crippen LogP contribution in [0.15, 0.2) is 12.3 Å². The summed E-state index contributed by atoms with van der Waals surface area (Å²) in [6.07, 6.45) is 1.38. The Morgan fingerprint density at radius 2 is 1.68 bits per heavy atom. The Morgan fingerprint density at radius 3 is 2.25 bits per heavy atom. The van der Waals surface area contributed by atoms with Crippen molar-refractivity contribution in [3.63, 3.8) is 0 Å². The van der Waals surface area contributed by atoms with Gasteiger partial charge in [0.25, 0.3) is 0 Å². The molecule has 0 fully saturated rings. The summed E-state index contributed by atoms with van der Waals surface area (Å²) in [5.41, 5.74) is 6.36. The second-order valence-corrected chi connectivity index (χ2v) is 6.58. The molecule has 0 bridgehead atoms. The number of aromatic nitrogens is 1. The summed E-state index contributed by atoms with van der Waals surface area (Å²) in [5, 5.41) is 0.0614. The van der Waals surface area contributed by atoms with Crippen LogP contribution in [-0.2, 0) is 20.8 Å². The number of ketones is 1. The van der Waals surface area contributed by atoms with Gasteiger partial charge in [-0.1, -0.05) is 0 Å². The molecule has 2 aromatic heterocycles. The van der Waals surface area contributed by atoms with E-state index in [1.54, 1.807) is 13.8 Å². The van der Waals surface area contributed by atoms with Crippen molar-refractivity contribution in [3.05, 3.63) is 39.5 Å². The zero-order valence-electron chi connectivity index (χ0n) is 15.6. The van der Waals surface area contributed by atoms with Gasteiger partial charge in [0.05, 0.1) is 13.2 Å². The number of carbonyl (C=O) groups excluding carboxylic acids is 4. The van der Waals surface area contributed by atoms with Crippen molar-refractivity contribution >= 4 is 40.0 Å². The zero-order valence-corrected chi connectivity index (χ0v) is 16.4. The van der Waals surface area contributed by atoms with Crippen molar-refractivity contribution in [2.24, 2.45) is 0 Å². The highest BCUT2D eigenvalue weighted by Gasteiger charge is 2.28. The molecular weight excluding hydrogens is 388 g/mol. The molecule has 0 radical (unpaired) electrons. The van der Waals surface area contributed by atoms with E-state index in [1.165, 1.54) is 19.2 Å². The quantitative estimate of drug-likeness (QED) is 0.386. The van der Waals surface area contributed by atoms with Crippen LogP contribution in [0.3, 0.4) is 0 Å². The lowest BCUT2D eigenvalue weighted by Gasteiger charge is -2.08. The molecule has 0 unspecified atom stereocenters. The van der Waals surface area contributed by atoms with Gasteiger partial charge in [-0.25, -0.2) is 14.4 Å². The third kappa shape index (κ3) is 4.58. The Labute approximate surface area is 164 Å². The summed E-state index contributed by atoms with van der Waals surface area (Å²) >= 11 is 0.857. The number of nitrogens with one attached hydrogen (secondary N) is 1. The molecule has 0 aliphatic heterocycles. The van der Waals surface area contributed by atoms with Crippen LogP contribution in [0.2, 0.25) is 0 Å². The number of rotatable bonds is 8. The van der Waals surface area contributed by atoms with Crippen LogP contribution in [-0.4, -0.2) is 41.9 Å². The first-order valence-corrected chi connectivity index (χ1v) is 9.23. The maximum atomic E-state index is 12.2. The molecule has 9 nitrogen and oxygen atoms in total. The average Bonchev–Trinajstić information content (AvgIpc) is 3.25. The van der Waals surface area contributed by atoms with E-state index in [-0.39, 0.29) is 45.7 Å². The smallest absolute Gasteiger partial charge is 0.355 e. The van der Waals surface area contributed by atoms with Crippen LogP contribution in [0.25, 0.3) is 0 Å². The number of carbonyl (C=O) groups is 4. The number of nitrogens with two attached hydrogens (primary N) is 1. The van der Waals surface area contributed by atoms with Gasteiger partial charge in [-0.05, 0) is 26.8 Å². The summed E-state index contributed by atoms with van der Waals surface area (Å²) < 4.78 is 15.2. The van der Waals surface area contributed by atoms with Crippen LogP contribution in [0.5, 0.6) is 0 Å². The molecule has 3 N–H and O–H groups in total. The molecule has 0 atom stereocenters. The van der Waals surface area contributed by atoms with E-state index in [0.717, 1.165) is 11.3 Å². The van der Waals surface area contributed by atoms with Crippen molar-refractivity contribution in [3.8, 4) is 0 Å². The molecule has 0 aliphatic rings. The first kappa shape index (κ1) is 21.2. The molecule has 0 amide bonds. The minimum atomic E-state index is -0.762. The highest BCUT2D eigenvalue weighted by atomic mass is 32.1. The van der Waals surface area contributed by atoms with Crippen LogP contribution in [0.1, 0.15) is 67.2 Å². The number of Topliss-reactive ketones (excluding diaryl/α,β-unsaturated/α-hetero) is 1. The monoisotopic (exact) mass is 408 g/mol. The topological polar surface area (TPSA) is 138 Å². The van der Waals surface area contributed by atoms with E-state index in [9.17, 15) is 19.2 Å². The van der Waals surface area contributed by atoms with E-state index in [2.05, 4.69) is 4.98 Å². The van der Waals surface area contributed by atoms with Crippen molar-refractivity contribution in [1.29, 1.82) is 0 Å². The number of nitrogen functional groups attached to an aromatic ring is 1. The average molecular weight is 408 g/mol. The summed E-state index contributed by atoms with van der Waals surface area (Å²) in [6.45, 7) is 4.47. The molecule has 0 aromatic carbocycles. The Balaban J connectivity index is 2.30. The zero-order chi connectivity index (χ0) is 20.8. The van der Waals surface area contributed by atoms with Gasteiger partial charge in [0.1, 0.15) is 27.7 Å². The Bertz CT molecular complexity index is 913. The van der Waals surface area contributed by atoms with Crippen LogP contribution < -0.4 is 5.73 Å². The largest absolute Gasteiger partial charge is 0.462 e. The van der Waals surface area contributed by atoms with Gasteiger partial charge in [-0.15, -0.1) is 11.3 Å². The van der Waals surface area contributed by atoms with Gasteiger partial charge in [-0.3, -0.25) is 4.79 Å². The minimum absolute atomic E-state index is 0.0291. The van der Waals surface area contributed by atoms with Crippen LogP contribution >= 0.6 is 11.3 Å². The molecule has 0 aliphatic carbocycles. The van der Waals surface area contributed by atoms with E-state index in [1.807, 2.05) is 0 Å². The maximum absolute atomic E-state index is 12.2. The first-order valence-electron chi connectivity index (χ1n) is 8.41.